The molecular formula is C9H11FN2. The first-order valence-corrected chi connectivity index (χ1v) is 4.02. The van der Waals surface area contributed by atoms with Crippen molar-refractivity contribution >= 4 is 11.4 Å². The average Bonchev–Trinajstić information content (AvgIpc) is 2.39. The SMILES string of the molecule is CC1Cc2c(ccc(N)c2F)N1. The molecule has 1 unspecified atom stereocenters. The second kappa shape index (κ2) is 2.37. The smallest absolute Gasteiger partial charge is 0.151 e. The fraction of sp³-hybridized carbons (Fsp3) is 0.333. The molecule has 1 atom stereocenters. The molecule has 2 rings (SSSR count). The number of nitrogen functional groups attached to an aromatic ring is 1. The van der Waals surface area contributed by atoms with Crippen molar-refractivity contribution in [3.05, 3.63) is 23.5 Å². The highest BCUT2D eigenvalue weighted by molar-refractivity contribution is 5.62. The maximum atomic E-state index is 13.3. The third-order valence-corrected chi connectivity index (χ3v) is 2.19. The largest absolute Gasteiger partial charge is 0.396 e. The Labute approximate surface area is 70.6 Å². The predicted molar refractivity (Wildman–Crippen MR) is 47.6 cm³/mol. The van der Waals surface area contributed by atoms with Crippen LogP contribution in [0.2, 0.25) is 0 Å². The molecule has 1 aromatic rings. The molecular weight excluding hydrogens is 155 g/mol. The Bertz CT molecular complexity index is 323. The van der Waals surface area contributed by atoms with Gasteiger partial charge in [0, 0.05) is 17.3 Å². The number of hydrogen-bond acceptors (Lipinski definition) is 2. The van der Waals surface area contributed by atoms with Crippen molar-refractivity contribution in [2.24, 2.45) is 0 Å². The Hall–Kier alpha value is -1.25. The van der Waals surface area contributed by atoms with Gasteiger partial charge in [-0.25, -0.2) is 4.39 Å². The molecule has 0 bridgehead atoms. The molecule has 0 amide bonds. The summed E-state index contributed by atoms with van der Waals surface area (Å²) in [6.07, 6.45) is 0.728. The molecule has 1 heterocycles. The van der Waals surface area contributed by atoms with Crippen LogP contribution >= 0.6 is 0 Å². The van der Waals surface area contributed by atoms with E-state index in [1.807, 2.05) is 13.0 Å². The van der Waals surface area contributed by atoms with Gasteiger partial charge in [0.05, 0.1) is 5.69 Å². The lowest BCUT2D eigenvalue weighted by Gasteiger charge is -2.02. The normalized spacial score (nSPS) is 20.3. The molecule has 3 N–H and O–H groups in total. The molecule has 2 nitrogen and oxygen atoms in total. The Morgan fingerprint density at radius 3 is 3.08 bits per heavy atom. The van der Waals surface area contributed by atoms with Crippen molar-refractivity contribution in [3.63, 3.8) is 0 Å². The zero-order valence-electron chi connectivity index (χ0n) is 6.89. The van der Waals surface area contributed by atoms with Gasteiger partial charge in [0.15, 0.2) is 5.82 Å². The topological polar surface area (TPSA) is 38.0 Å². The molecule has 0 radical (unpaired) electrons. The van der Waals surface area contributed by atoms with Gasteiger partial charge < -0.3 is 11.1 Å². The van der Waals surface area contributed by atoms with E-state index in [-0.39, 0.29) is 11.5 Å². The van der Waals surface area contributed by atoms with E-state index >= 15 is 0 Å². The van der Waals surface area contributed by atoms with Crippen molar-refractivity contribution in [2.45, 2.75) is 19.4 Å². The van der Waals surface area contributed by atoms with E-state index in [9.17, 15) is 4.39 Å². The summed E-state index contributed by atoms with van der Waals surface area (Å²) in [7, 11) is 0. The van der Waals surface area contributed by atoms with Crippen LogP contribution in [0.15, 0.2) is 12.1 Å². The van der Waals surface area contributed by atoms with Crippen LogP contribution in [-0.2, 0) is 6.42 Å². The van der Waals surface area contributed by atoms with Gasteiger partial charge in [-0.3, -0.25) is 0 Å². The number of rotatable bonds is 0. The first-order chi connectivity index (χ1) is 5.68. The fourth-order valence-electron chi connectivity index (χ4n) is 1.60. The van der Waals surface area contributed by atoms with E-state index < -0.39 is 0 Å². The van der Waals surface area contributed by atoms with Crippen LogP contribution in [0.4, 0.5) is 15.8 Å². The van der Waals surface area contributed by atoms with E-state index in [0.717, 1.165) is 17.7 Å². The molecule has 3 heteroatoms. The van der Waals surface area contributed by atoms with Crippen molar-refractivity contribution in [1.29, 1.82) is 0 Å². The number of nitrogens with one attached hydrogen (secondary N) is 1. The van der Waals surface area contributed by atoms with Crippen LogP contribution in [0, 0.1) is 5.82 Å². The maximum Gasteiger partial charge on any atom is 0.151 e. The number of anilines is 2. The van der Waals surface area contributed by atoms with E-state index in [0.29, 0.717) is 6.04 Å². The van der Waals surface area contributed by atoms with Crippen LogP contribution in [-0.4, -0.2) is 6.04 Å². The standard InChI is InChI=1S/C9H11FN2/c1-5-4-6-8(12-5)3-2-7(11)9(6)10/h2-3,5,12H,4,11H2,1H3. The van der Waals surface area contributed by atoms with E-state index in [1.54, 1.807) is 6.07 Å². The monoisotopic (exact) mass is 166 g/mol. The summed E-state index contributed by atoms with van der Waals surface area (Å²) in [5.41, 5.74) is 7.28. The quantitative estimate of drug-likeness (QED) is 0.576. The highest BCUT2D eigenvalue weighted by Gasteiger charge is 2.21. The molecule has 0 saturated heterocycles. The van der Waals surface area contributed by atoms with E-state index in [1.165, 1.54) is 0 Å². The molecule has 64 valence electrons. The van der Waals surface area contributed by atoms with Crippen LogP contribution in [0.3, 0.4) is 0 Å². The minimum absolute atomic E-state index is 0.240. The molecule has 0 saturated carbocycles. The van der Waals surface area contributed by atoms with Gasteiger partial charge in [-0.15, -0.1) is 0 Å². The van der Waals surface area contributed by atoms with Gasteiger partial charge >= 0.3 is 0 Å². The lowest BCUT2D eigenvalue weighted by atomic mass is 10.1. The van der Waals surface area contributed by atoms with Crippen LogP contribution in [0.5, 0.6) is 0 Å². The minimum Gasteiger partial charge on any atom is -0.396 e. The summed E-state index contributed by atoms with van der Waals surface area (Å²) in [5, 5.41) is 3.17. The number of nitrogens with two attached hydrogens (primary N) is 1. The van der Waals surface area contributed by atoms with Gasteiger partial charge in [-0.05, 0) is 25.5 Å². The zero-order valence-corrected chi connectivity index (χ0v) is 6.89. The van der Waals surface area contributed by atoms with Crippen LogP contribution < -0.4 is 11.1 Å². The maximum absolute atomic E-state index is 13.3. The Morgan fingerprint density at radius 1 is 1.58 bits per heavy atom. The molecule has 1 aromatic carbocycles. The number of benzene rings is 1. The summed E-state index contributed by atoms with van der Waals surface area (Å²) in [4.78, 5) is 0. The summed E-state index contributed by atoms with van der Waals surface area (Å²) in [6.45, 7) is 2.02. The average molecular weight is 166 g/mol. The molecule has 1 aliphatic rings. The minimum atomic E-state index is -0.260. The molecule has 12 heavy (non-hydrogen) atoms. The summed E-state index contributed by atoms with van der Waals surface area (Å²) < 4.78 is 13.3. The lowest BCUT2D eigenvalue weighted by molar-refractivity contribution is 0.615. The second-order valence-corrected chi connectivity index (χ2v) is 3.24. The first kappa shape index (κ1) is 7.40. The van der Waals surface area contributed by atoms with Gasteiger partial charge in [-0.2, -0.15) is 0 Å². The summed E-state index contributed by atoms with van der Waals surface area (Å²) in [6, 6.07) is 3.74. The van der Waals surface area contributed by atoms with Gasteiger partial charge in [0.25, 0.3) is 0 Å². The molecule has 0 fully saturated rings. The van der Waals surface area contributed by atoms with Gasteiger partial charge in [-0.1, -0.05) is 0 Å². The fourth-order valence-corrected chi connectivity index (χ4v) is 1.60. The zero-order chi connectivity index (χ0) is 8.72. The van der Waals surface area contributed by atoms with E-state index in [4.69, 9.17) is 5.73 Å². The molecule has 0 aliphatic carbocycles. The predicted octanol–water partition coefficient (Wildman–Crippen LogP) is 1.76. The Kier molecular flexibility index (Phi) is 1.46. The van der Waals surface area contributed by atoms with Crippen molar-refractivity contribution in [2.75, 3.05) is 11.1 Å². The Balaban J connectivity index is 2.54. The summed E-state index contributed by atoms with van der Waals surface area (Å²) in [5.74, 6) is -0.260. The molecule has 1 aliphatic heterocycles. The third-order valence-electron chi connectivity index (χ3n) is 2.19. The number of halogens is 1. The van der Waals surface area contributed by atoms with Crippen molar-refractivity contribution in [3.8, 4) is 0 Å². The summed E-state index contributed by atoms with van der Waals surface area (Å²) >= 11 is 0. The van der Waals surface area contributed by atoms with Gasteiger partial charge in [0.1, 0.15) is 0 Å². The van der Waals surface area contributed by atoms with Crippen LogP contribution in [0.25, 0.3) is 0 Å². The first-order valence-electron chi connectivity index (χ1n) is 4.02. The highest BCUT2D eigenvalue weighted by Crippen LogP contribution is 2.30. The van der Waals surface area contributed by atoms with E-state index in [2.05, 4.69) is 5.32 Å². The lowest BCUT2D eigenvalue weighted by Crippen LogP contribution is -2.08. The van der Waals surface area contributed by atoms with Crippen molar-refractivity contribution < 1.29 is 4.39 Å². The third kappa shape index (κ3) is 0.932. The van der Waals surface area contributed by atoms with Gasteiger partial charge in [0.2, 0.25) is 0 Å². The number of fused-ring (bicyclic) bond motifs is 1. The number of hydrogen-bond donors (Lipinski definition) is 2. The van der Waals surface area contributed by atoms with Crippen LogP contribution in [0.1, 0.15) is 12.5 Å². The Morgan fingerprint density at radius 2 is 2.33 bits per heavy atom. The molecule has 0 aromatic heterocycles. The highest BCUT2D eigenvalue weighted by atomic mass is 19.1. The van der Waals surface area contributed by atoms with Crippen molar-refractivity contribution in [1.82, 2.24) is 0 Å². The molecule has 0 spiro atoms. The second-order valence-electron chi connectivity index (χ2n) is 3.24.